The topological polar surface area (TPSA) is 85.4 Å². The highest BCUT2D eigenvalue weighted by Crippen LogP contribution is 2.23. The molecule has 1 unspecified atom stereocenters. The summed E-state index contributed by atoms with van der Waals surface area (Å²) in [5.41, 5.74) is 1.64. The molecule has 7 nitrogen and oxygen atoms in total. The van der Waals surface area contributed by atoms with Crippen LogP contribution < -0.4 is 10.5 Å². The maximum absolute atomic E-state index is 13.6. The molecule has 1 N–H and O–H groups in total. The third-order valence-corrected chi connectivity index (χ3v) is 6.03. The lowest BCUT2D eigenvalue weighted by atomic mass is 10.0. The molecule has 0 saturated carbocycles. The molecule has 30 heavy (non-hydrogen) atoms. The molecular weight excluding hydrogens is 385 g/mol. The summed E-state index contributed by atoms with van der Waals surface area (Å²) in [5, 5.41) is 23.2. The van der Waals surface area contributed by atoms with E-state index in [-0.39, 0.29) is 23.3 Å². The van der Waals surface area contributed by atoms with E-state index in [1.54, 1.807) is 29.1 Å². The number of rotatable bonds is 4. The number of halogens is 1. The Balaban J connectivity index is 1.44. The summed E-state index contributed by atoms with van der Waals surface area (Å²) in [7, 11) is 0. The van der Waals surface area contributed by atoms with Crippen molar-refractivity contribution in [3.05, 3.63) is 57.8 Å². The van der Waals surface area contributed by atoms with Crippen LogP contribution in [0, 0.1) is 17.1 Å². The molecule has 1 atom stereocenters. The minimum Gasteiger partial charge on any atom is -0.393 e. The van der Waals surface area contributed by atoms with Gasteiger partial charge >= 0.3 is 0 Å². The van der Waals surface area contributed by atoms with E-state index in [4.69, 9.17) is 5.26 Å². The molecule has 2 fully saturated rings. The number of aliphatic hydroxyl groups is 1. The Kier molecular flexibility index (Phi) is 6.11. The zero-order valence-electron chi connectivity index (χ0n) is 16.9. The number of hydrogen-bond acceptors (Lipinski definition) is 6. The van der Waals surface area contributed by atoms with Gasteiger partial charge in [-0.3, -0.25) is 9.69 Å². The highest BCUT2D eigenvalue weighted by Gasteiger charge is 2.24. The van der Waals surface area contributed by atoms with E-state index in [0.717, 1.165) is 43.7 Å². The second kappa shape index (κ2) is 8.94. The molecule has 1 aromatic heterocycles. The van der Waals surface area contributed by atoms with Gasteiger partial charge in [-0.1, -0.05) is 6.07 Å². The normalized spacial score (nSPS) is 20.8. The van der Waals surface area contributed by atoms with Gasteiger partial charge in [-0.2, -0.15) is 10.4 Å². The van der Waals surface area contributed by atoms with E-state index in [0.29, 0.717) is 25.9 Å². The van der Waals surface area contributed by atoms with Crippen molar-refractivity contribution in [2.75, 3.05) is 31.1 Å². The van der Waals surface area contributed by atoms with E-state index in [1.165, 1.54) is 6.07 Å². The fraction of sp³-hybridized carbons (Fsp3) is 0.500. The van der Waals surface area contributed by atoms with Gasteiger partial charge in [0.15, 0.2) is 0 Å². The Morgan fingerprint density at radius 2 is 2.00 bits per heavy atom. The molecule has 0 bridgehead atoms. The number of aliphatic hydroxyl groups excluding tert-OH is 1. The maximum atomic E-state index is 13.6. The second-order valence-electron chi connectivity index (χ2n) is 8.17. The number of likely N-dealkylation sites (tertiary alicyclic amines) is 1. The zero-order valence-corrected chi connectivity index (χ0v) is 16.9. The van der Waals surface area contributed by atoms with Crippen molar-refractivity contribution in [1.29, 1.82) is 5.26 Å². The van der Waals surface area contributed by atoms with Crippen LogP contribution in [0.15, 0.2) is 35.3 Å². The number of aromatic nitrogens is 2. The van der Waals surface area contributed by atoms with E-state index in [9.17, 15) is 14.3 Å². The van der Waals surface area contributed by atoms with Crippen molar-refractivity contribution in [1.82, 2.24) is 14.7 Å². The van der Waals surface area contributed by atoms with Gasteiger partial charge in [0.25, 0.3) is 5.56 Å². The summed E-state index contributed by atoms with van der Waals surface area (Å²) in [6.45, 7) is 3.63. The van der Waals surface area contributed by atoms with Gasteiger partial charge in [-0.05, 0) is 49.9 Å². The lowest BCUT2D eigenvalue weighted by Gasteiger charge is -2.34. The Bertz CT molecular complexity index is 994. The summed E-state index contributed by atoms with van der Waals surface area (Å²) in [6, 6.07) is 8.14. The Hall–Kier alpha value is -2.76. The third-order valence-electron chi connectivity index (χ3n) is 6.03. The predicted molar refractivity (Wildman–Crippen MR) is 111 cm³/mol. The Morgan fingerprint density at radius 3 is 2.73 bits per heavy atom. The first-order chi connectivity index (χ1) is 14.5. The zero-order chi connectivity index (χ0) is 21.1. The molecule has 2 aliphatic heterocycles. The van der Waals surface area contributed by atoms with Crippen molar-refractivity contribution in [2.24, 2.45) is 0 Å². The second-order valence-corrected chi connectivity index (χ2v) is 8.17. The molecule has 0 radical (unpaired) electrons. The lowest BCUT2D eigenvalue weighted by Crippen LogP contribution is -2.41. The first-order valence-corrected chi connectivity index (χ1v) is 10.5. The van der Waals surface area contributed by atoms with Crippen molar-refractivity contribution in [2.45, 2.75) is 44.4 Å². The van der Waals surface area contributed by atoms with Crippen LogP contribution in [0.5, 0.6) is 0 Å². The monoisotopic (exact) mass is 411 g/mol. The van der Waals surface area contributed by atoms with Crippen LogP contribution in [0.3, 0.4) is 0 Å². The van der Waals surface area contributed by atoms with Crippen LogP contribution in [0.1, 0.15) is 42.9 Å². The van der Waals surface area contributed by atoms with Crippen LogP contribution in [0.2, 0.25) is 0 Å². The fourth-order valence-corrected chi connectivity index (χ4v) is 4.37. The molecule has 8 heteroatoms. The maximum Gasteiger partial charge on any atom is 0.269 e. The standard InChI is InChI=1S/C22H26FN5O2/c23-21-4-3-16(10-17(21)12-24)14-26-7-1-2-18(15-26)28-22(30)11-19(13-25-28)27-8-5-20(29)6-9-27/h3-4,10-11,13,18,20,29H,1-2,5-9,14-15H2. The number of anilines is 1. The molecule has 3 heterocycles. The van der Waals surface area contributed by atoms with Gasteiger partial charge < -0.3 is 10.0 Å². The summed E-state index contributed by atoms with van der Waals surface area (Å²) in [4.78, 5) is 17.1. The lowest BCUT2D eigenvalue weighted by molar-refractivity contribution is 0.145. The van der Waals surface area contributed by atoms with Gasteiger partial charge in [-0.25, -0.2) is 9.07 Å². The SMILES string of the molecule is N#Cc1cc(CN2CCCC(n3ncc(N4CCC(O)CC4)cc3=O)C2)ccc1F. The number of benzene rings is 1. The average Bonchev–Trinajstić information content (AvgIpc) is 2.76. The number of piperidine rings is 2. The molecule has 0 aliphatic carbocycles. The number of nitriles is 1. The molecule has 2 aromatic rings. The molecule has 4 rings (SSSR count). The molecule has 1 aromatic carbocycles. The van der Waals surface area contributed by atoms with Crippen molar-refractivity contribution in [3.8, 4) is 6.07 Å². The molecule has 0 spiro atoms. The Morgan fingerprint density at radius 1 is 1.20 bits per heavy atom. The molecular formula is C22H26FN5O2. The third kappa shape index (κ3) is 4.53. The van der Waals surface area contributed by atoms with E-state index >= 15 is 0 Å². The van der Waals surface area contributed by atoms with Crippen molar-refractivity contribution < 1.29 is 9.50 Å². The summed E-state index contributed by atoms with van der Waals surface area (Å²) in [6.07, 6.45) is 4.72. The summed E-state index contributed by atoms with van der Waals surface area (Å²) in [5.74, 6) is -0.503. The predicted octanol–water partition coefficient (Wildman–Crippen LogP) is 2.05. The van der Waals surface area contributed by atoms with E-state index < -0.39 is 5.82 Å². The van der Waals surface area contributed by atoms with E-state index in [2.05, 4.69) is 14.9 Å². The van der Waals surface area contributed by atoms with Gasteiger partial charge in [-0.15, -0.1) is 0 Å². The average molecular weight is 411 g/mol. The summed E-state index contributed by atoms with van der Waals surface area (Å²) >= 11 is 0. The van der Waals surface area contributed by atoms with Crippen LogP contribution >= 0.6 is 0 Å². The highest BCUT2D eigenvalue weighted by atomic mass is 19.1. The number of nitrogens with zero attached hydrogens (tertiary/aromatic N) is 5. The number of hydrogen-bond donors (Lipinski definition) is 1. The van der Waals surface area contributed by atoms with Crippen LogP contribution in [-0.4, -0.2) is 52.1 Å². The van der Waals surface area contributed by atoms with Gasteiger partial charge in [0, 0.05) is 32.2 Å². The largest absolute Gasteiger partial charge is 0.393 e. The van der Waals surface area contributed by atoms with Crippen molar-refractivity contribution >= 4 is 5.69 Å². The first-order valence-electron chi connectivity index (χ1n) is 10.5. The van der Waals surface area contributed by atoms with Crippen LogP contribution in [0.4, 0.5) is 10.1 Å². The van der Waals surface area contributed by atoms with Gasteiger partial charge in [0.2, 0.25) is 0 Å². The minimum atomic E-state index is -0.503. The molecule has 2 saturated heterocycles. The van der Waals surface area contributed by atoms with Crippen molar-refractivity contribution in [3.63, 3.8) is 0 Å². The van der Waals surface area contributed by atoms with Crippen LogP contribution in [-0.2, 0) is 6.54 Å². The molecule has 158 valence electrons. The fourth-order valence-electron chi connectivity index (χ4n) is 4.37. The summed E-state index contributed by atoms with van der Waals surface area (Å²) < 4.78 is 15.1. The quantitative estimate of drug-likeness (QED) is 0.829. The van der Waals surface area contributed by atoms with Gasteiger partial charge in [0.05, 0.1) is 29.6 Å². The highest BCUT2D eigenvalue weighted by molar-refractivity contribution is 5.43. The molecule has 2 aliphatic rings. The Labute approximate surface area is 175 Å². The van der Waals surface area contributed by atoms with E-state index in [1.807, 2.05) is 6.07 Å². The van der Waals surface area contributed by atoms with Crippen LogP contribution in [0.25, 0.3) is 0 Å². The smallest absolute Gasteiger partial charge is 0.269 e. The first kappa shape index (κ1) is 20.5. The van der Waals surface area contributed by atoms with Gasteiger partial charge in [0.1, 0.15) is 11.9 Å². The minimum absolute atomic E-state index is 0.0145. The molecule has 0 amide bonds.